The Morgan fingerprint density at radius 2 is 2.12 bits per heavy atom. The first-order valence-corrected chi connectivity index (χ1v) is 5.94. The average molecular weight is 230 g/mol. The van der Waals surface area contributed by atoms with Gasteiger partial charge in [-0.1, -0.05) is 0 Å². The van der Waals surface area contributed by atoms with Gasteiger partial charge in [0.25, 0.3) is 0 Å². The molecule has 0 radical (unpaired) electrons. The summed E-state index contributed by atoms with van der Waals surface area (Å²) in [5.74, 6) is 0. The molecule has 0 fully saturated rings. The molecular weight excluding hydrogens is 212 g/mol. The summed E-state index contributed by atoms with van der Waals surface area (Å²) in [6.45, 7) is 6.00. The van der Waals surface area contributed by atoms with Crippen LogP contribution in [0.5, 0.6) is 0 Å². The summed E-state index contributed by atoms with van der Waals surface area (Å²) >= 11 is 0. The second-order valence-electron chi connectivity index (χ2n) is 4.09. The molecule has 17 heavy (non-hydrogen) atoms. The van der Waals surface area contributed by atoms with Gasteiger partial charge in [0.2, 0.25) is 0 Å². The van der Waals surface area contributed by atoms with Gasteiger partial charge in [0.1, 0.15) is 0 Å². The Hall–Kier alpha value is -1.68. The van der Waals surface area contributed by atoms with Crippen molar-refractivity contribution in [3.05, 3.63) is 48.0 Å². The number of nitrogens with one attached hydrogen (secondary N) is 1. The molecule has 1 unspecified atom stereocenters. The van der Waals surface area contributed by atoms with E-state index in [0.29, 0.717) is 6.04 Å². The first-order valence-electron chi connectivity index (χ1n) is 5.94. The minimum absolute atomic E-state index is 0.309. The maximum absolute atomic E-state index is 4.28. The number of aryl methyl sites for hydroxylation is 1. The lowest BCUT2D eigenvalue weighted by atomic mass is 10.2. The van der Waals surface area contributed by atoms with E-state index in [9.17, 15) is 0 Å². The number of nitrogens with zero attached hydrogens (tertiary/aromatic N) is 3. The van der Waals surface area contributed by atoms with Crippen LogP contribution in [0.25, 0.3) is 0 Å². The fourth-order valence-electron chi connectivity index (χ4n) is 1.67. The first-order chi connectivity index (χ1) is 8.29. The monoisotopic (exact) mass is 230 g/mol. The van der Waals surface area contributed by atoms with Crippen LogP contribution >= 0.6 is 0 Å². The highest BCUT2D eigenvalue weighted by atomic mass is 15.3. The van der Waals surface area contributed by atoms with Gasteiger partial charge in [-0.3, -0.25) is 9.67 Å². The first kappa shape index (κ1) is 11.8. The van der Waals surface area contributed by atoms with E-state index < -0.39 is 0 Å². The van der Waals surface area contributed by atoms with Gasteiger partial charge in [-0.05, 0) is 31.5 Å². The molecular formula is C13H18N4. The lowest BCUT2D eigenvalue weighted by molar-refractivity contribution is 0.572. The number of hydrogen-bond acceptors (Lipinski definition) is 3. The summed E-state index contributed by atoms with van der Waals surface area (Å²) in [7, 11) is 0. The van der Waals surface area contributed by atoms with E-state index in [1.807, 2.05) is 35.4 Å². The van der Waals surface area contributed by atoms with Crippen molar-refractivity contribution in [2.45, 2.75) is 33.0 Å². The third-order valence-electron chi connectivity index (χ3n) is 2.84. The molecule has 0 saturated carbocycles. The molecule has 0 bridgehead atoms. The highest BCUT2D eigenvalue weighted by Crippen LogP contribution is 2.11. The minimum atomic E-state index is 0.309. The number of pyridine rings is 1. The summed E-state index contributed by atoms with van der Waals surface area (Å²) in [4.78, 5) is 4.00. The summed E-state index contributed by atoms with van der Waals surface area (Å²) < 4.78 is 1.94. The third-order valence-corrected chi connectivity index (χ3v) is 2.84. The molecule has 0 aromatic carbocycles. The molecule has 1 N–H and O–H groups in total. The van der Waals surface area contributed by atoms with E-state index in [1.165, 1.54) is 11.1 Å². The maximum Gasteiger partial charge on any atom is 0.0537 e. The minimum Gasteiger partial charge on any atom is -0.306 e. The van der Waals surface area contributed by atoms with Crippen LogP contribution in [-0.4, -0.2) is 14.8 Å². The van der Waals surface area contributed by atoms with E-state index in [-0.39, 0.29) is 0 Å². The molecule has 0 aliphatic carbocycles. The number of aromatic nitrogens is 3. The molecule has 0 saturated heterocycles. The molecule has 0 aliphatic heterocycles. The zero-order valence-electron chi connectivity index (χ0n) is 10.3. The van der Waals surface area contributed by atoms with Crippen molar-refractivity contribution in [1.82, 2.24) is 20.1 Å². The second-order valence-corrected chi connectivity index (χ2v) is 4.09. The van der Waals surface area contributed by atoms with Gasteiger partial charge in [0, 0.05) is 43.3 Å². The second kappa shape index (κ2) is 5.59. The zero-order valence-corrected chi connectivity index (χ0v) is 10.3. The average Bonchev–Trinajstić information content (AvgIpc) is 2.86. The Balaban J connectivity index is 1.91. The topological polar surface area (TPSA) is 42.7 Å². The molecule has 0 aliphatic rings. The summed E-state index contributed by atoms with van der Waals surface area (Å²) in [6, 6.07) is 4.35. The van der Waals surface area contributed by atoms with Gasteiger partial charge in [-0.15, -0.1) is 0 Å². The van der Waals surface area contributed by atoms with Crippen LogP contribution in [0.4, 0.5) is 0 Å². The van der Waals surface area contributed by atoms with Crippen LogP contribution in [0.3, 0.4) is 0 Å². The zero-order chi connectivity index (χ0) is 12.1. The van der Waals surface area contributed by atoms with Crippen LogP contribution in [0, 0.1) is 0 Å². The van der Waals surface area contributed by atoms with E-state index in [4.69, 9.17) is 0 Å². The summed E-state index contributed by atoms with van der Waals surface area (Å²) in [6.07, 6.45) is 7.64. The number of rotatable bonds is 5. The Labute approximate surface area is 102 Å². The highest BCUT2D eigenvalue weighted by molar-refractivity contribution is 5.12. The Kier molecular flexibility index (Phi) is 3.88. The smallest absolute Gasteiger partial charge is 0.0537 e. The Morgan fingerprint density at radius 1 is 1.35 bits per heavy atom. The van der Waals surface area contributed by atoms with Crippen molar-refractivity contribution < 1.29 is 0 Å². The number of hydrogen-bond donors (Lipinski definition) is 1. The lowest BCUT2D eigenvalue weighted by Gasteiger charge is -2.11. The van der Waals surface area contributed by atoms with Gasteiger partial charge >= 0.3 is 0 Å². The van der Waals surface area contributed by atoms with Crippen LogP contribution in [-0.2, 0) is 13.1 Å². The summed E-state index contributed by atoms with van der Waals surface area (Å²) in [5, 5.41) is 7.75. The Morgan fingerprint density at radius 3 is 2.76 bits per heavy atom. The molecule has 2 rings (SSSR count). The fraction of sp³-hybridized carbons (Fsp3) is 0.385. The quantitative estimate of drug-likeness (QED) is 0.855. The standard InChI is InChI=1S/C13H18N4/c1-3-17-10-13(9-16-17)11(2)15-8-12-4-6-14-7-5-12/h4-7,9-11,15H,3,8H2,1-2H3. The maximum atomic E-state index is 4.28. The lowest BCUT2D eigenvalue weighted by Crippen LogP contribution is -2.17. The Bertz CT molecular complexity index is 449. The van der Waals surface area contributed by atoms with Crippen molar-refractivity contribution >= 4 is 0 Å². The third kappa shape index (κ3) is 3.14. The normalized spacial score (nSPS) is 12.6. The molecule has 2 aromatic rings. The SMILES string of the molecule is CCn1cc(C(C)NCc2ccncc2)cn1. The molecule has 0 spiro atoms. The van der Waals surface area contributed by atoms with Gasteiger partial charge < -0.3 is 5.32 Å². The van der Waals surface area contributed by atoms with Gasteiger partial charge in [0.05, 0.1) is 6.20 Å². The molecule has 0 amide bonds. The van der Waals surface area contributed by atoms with Crippen molar-refractivity contribution in [1.29, 1.82) is 0 Å². The van der Waals surface area contributed by atoms with Crippen molar-refractivity contribution in [3.63, 3.8) is 0 Å². The predicted octanol–water partition coefficient (Wildman–Crippen LogP) is 2.15. The predicted molar refractivity (Wildman–Crippen MR) is 67.4 cm³/mol. The molecule has 2 aromatic heterocycles. The van der Waals surface area contributed by atoms with E-state index in [0.717, 1.165) is 13.1 Å². The summed E-state index contributed by atoms with van der Waals surface area (Å²) in [5.41, 5.74) is 2.47. The van der Waals surface area contributed by atoms with Crippen molar-refractivity contribution in [2.24, 2.45) is 0 Å². The molecule has 2 heterocycles. The van der Waals surface area contributed by atoms with E-state index in [1.54, 1.807) is 0 Å². The highest BCUT2D eigenvalue weighted by Gasteiger charge is 2.06. The van der Waals surface area contributed by atoms with Crippen LogP contribution in [0.2, 0.25) is 0 Å². The van der Waals surface area contributed by atoms with Crippen LogP contribution < -0.4 is 5.32 Å². The van der Waals surface area contributed by atoms with Crippen molar-refractivity contribution in [2.75, 3.05) is 0 Å². The van der Waals surface area contributed by atoms with E-state index in [2.05, 4.69) is 35.4 Å². The van der Waals surface area contributed by atoms with Crippen LogP contribution in [0.15, 0.2) is 36.9 Å². The van der Waals surface area contributed by atoms with Crippen molar-refractivity contribution in [3.8, 4) is 0 Å². The largest absolute Gasteiger partial charge is 0.306 e. The van der Waals surface area contributed by atoms with Gasteiger partial charge in [0.15, 0.2) is 0 Å². The van der Waals surface area contributed by atoms with E-state index >= 15 is 0 Å². The molecule has 4 heteroatoms. The van der Waals surface area contributed by atoms with Crippen LogP contribution in [0.1, 0.15) is 31.0 Å². The molecule has 1 atom stereocenters. The molecule has 90 valence electrons. The van der Waals surface area contributed by atoms with Gasteiger partial charge in [-0.2, -0.15) is 5.10 Å². The van der Waals surface area contributed by atoms with Gasteiger partial charge in [-0.25, -0.2) is 0 Å². The molecule has 4 nitrogen and oxygen atoms in total. The fourth-order valence-corrected chi connectivity index (χ4v) is 1.67.